The summed E-state index contributed by atoms with van der Waals surface area (Å²) in [5.74, 6) is 0.541. The predicted molar refractivity (Wildman–Crippen MR) is 87.9 cm³/mol. The van der Waals surface area contributed by atoms with Gasteiger partial charge in [-0.25, -0.2) is 14.4 Å². The van der Waals surface area contributed by atoms with Crippen molar-refractivity contribution in [2.75, 3.05) is 11.9 Å². The van der Waals surface area contributed by atoms with Crippen molar-refractivity contribution < 1.29 is 4.39 Å². The molecule has 112 valence electrons. The van der Waals surface area contributed by atoms with Gasteiger partial charge in [0.25, 0.3) is 0 Å². The second kappa shape index (κ2) is 7.50. The lowest BCUT2D eigenvalue weighted by molar-refractivity contribution is 0.630. The Kier molecular flexibility index (Phi) is 5.67. The van der Waals surface area contributed by atoms with Crippen LogP contribution < -0.4 is 5.32 Å². The second-order valence-electron chi connectivity index (χ2n) is 4.85. The van der Waals surface area contributed by atoms with E-state index in [0.717, 1.165) is 41.7 Å². The zero-order chi connectivity index (χ0) is 15.2. The normalized spacial score (nSPS) is 10.7. The molecule has 21 heavy (non-hydrogen) atoms. The molecule has 2 aromatic rings. The number of rotatable bonds is 6. The highest BCUT2D eigenvalue weighted by Crippen LogP contribution is 2.30. The lowest BCUT2D eigenvalue weighted by Crippen LogP contribution is -2.08. The predicted octanol–water partition coefficient (Wildman–Crippen LogP) is 4.82. The summed E-state index contributed by atoms with van der Waals surface area (Å²) in [7, 11) is 0. The highest BCUT2D eigenvalue weighted by molar-refractivity contribution is 9.10. The Hall–Kier alpha value is -1.49. The van der Waals surface area contributed by atoms with E-state index in [9.17, 15) is 4.39 Å². The van der Waals surface area contributed by atoms with Crippen molar-refractivity contribution in [1.82, 2.24) is 9.97 Å². The van der Waals surface area contributed by atoms with Crippen molar-refractivity contribution in [3.8, 4) is 11.3 Å². The third kappa shape index (κ3) is 3.79. The third-order valence-corrected chi connectivity index (χ3v) is 3.66. The van der Waals surface area contributed by atoms with Gasteiger partial charge in [0, 0.05) is 22.1 Å². The molecule has 1 N–H and O–H groups in total. The second-order valence-corrected chi connectivity index (χ2v) is 5.77. The van der Waals surface area contributed by atoms with Gasteiger partial charge in [0.1, 0.15) is 18.0 Å². The minimum absolute atomic E-state index is 0.268. The maximum Gasteiger partial charge on any atom is 0.133 e. The van der Waals surface area contributed by atoms with Crippen LogP contribution in [0, 0.1) is 5.82 Å². The number of hydrogen-bond donors (Lipinski definition) is 1. The molecular weight excluding hydrogens is 333 g/mol. The van der Waals surface area contributed by atoms with Crippen molar-refractivity contribution in [1.29, 1.82) is 0 Å². The fourth-order valence-corrected chi connectivity index (χ4v) is 2.57. The number of aromatic nitrogens is 2. The third-order valence-electron chi connectivity index (χ3n) is 3.17. The Morgan fingerprint density at radius 1 is 1.19 bits per heavy atom. The van der Waals surface area contributed by atoms with Crippen LogP contribution in [0.4, 0.5) is 10.2 Å². The highest BCUT2D eigenvalue weighted by Gasteiger charge is 2.15. The van der Waals surface area contributed by atoms with Gasteiger partial charge < -0.3 is 5.32 Å². The van der Waals surface area contributed by atoms with E-state index < -0.39 is 0 Å². The minimum Gasteiger partial charge on any atom is -0.370 e. The molecule has 1 aromatic carbocycles. The molecule has 0 aliphatic heterocycles. The van der Waals surface area contributed by atoms with E-state index in [1.807, 2.05) is 0 Å². The van der Waals surface area contributed by atoms with E-state index in [0.29, 0.717) is 11.3 Å². The van der Waals surface area contributed by atoms with E-state index >= 15 is 0 Å². The number of nitrogens with zero attached hydrogens (tertiary/aromatic N) is 2. The molecule has 0 bridgehead atoms. The molecule has 1 heterocycles. The van der Waals surface area contributed by atoms with Gasteiger partial charge >= 0.3 is 0 Å². The van der Waals surface area contributed by atoms with Crippen LogP contribution in [0.15, 0.2) is 29.0 Å². The van der Waals surface area contributed by atoms with Gasteiger partial charge in [-0.15, -0.1) is 0 Å². The minimum atomic E-state index is -0.268. The van der Waals surface area contributed by atoms with Gasteiger partial charge in [-0.05, 0) is 31.0 Å². The molecule has 0 saturated carbocycles. The van der Waals surface area contributed by atoms with E-state index in [4.69, 9.17) is 0 Å². The zero-order valence-electron chi connectivity index (χ0n) is 12.3. The van der Waals surface area contributed by atoms with E-state index in [1.165, 1.54) is 12.4 Å². The Morgan fingerprint density at radius 3 is 2.71 bits per heavy atom. The van der Waals surface area contributed by atoms with Crippen LogP contribution in [-0.4, -0.2) is 16.5 Å². The molecule has 0 amide bonds. The monoisotopic (exact) mass is 351 g/mol. The first-order chi connectivity index (χ1) is 10.2. The smallest absolute Gasteiger partial charge is 0.133 e. The first-order valence-electron chi connectivity index (χ1n) is 7.20. The van der Waals surface area contributed by atoms with Gasteiger partial charge in [-0.3, -0.25) is 0 Å². The van der Waals surface area contributed by atoms with Gasteiger partial charge in [0.15, 0.2) is 0 Å². The number of benzene rings is 1. The summed E-state index contributed by atoms with van der Waals surface area (Å²) in [6, 6.07) is 4.91. The molecule has 0 fully saturated rings. The van der Waals surface area contributed by atoms with Crippen molar-refractivity contribution in [2.45, 2.75) is 33.1 Å². The lowest BCUT2D eigenvalue weighted by Gasteiger charge is -2.14. The SMILES string of the molecule is CCCNc1ncnc(-c2cc(Br)ccc2F)c1CCC. The van der Waals surface area contributed by atoms with Crippen molar-refractivity contribution in [3.63, 3.8) is 0 Å². The van der Waals surface area contributed by atoms with Gasteiger partial charge in [0.2, 0.25) is 0 Å². The molecule has 0 radical (unpaired) electrons. The topological polar surface area (TPSA) is 37.8 Å². The number of halogens is 2. The number of anilines is 1. The van der Waals surface area contributed by atoms with Crippen molar-refractivity contribution >= 4 is 21.7 Å². The van der Waals surface area contributed by atoms with Crippen LogP contribution in [-0.2, 0) is 6.42 Å². The molecule has 0 aliphatic rings. The van der Waals surface area contributed by atoms with E-state index in [2.05, 4.69) is 45.1 Å². The average Bonchev–Trinajstić information content (AvgIpc) is 2.49. The molecular formula is C16H19BrFN3. The zero-order valence-corrected chi connectivity index (χ0v) is 13.9. The maximum atomic E-state index is 14.2. The molecule has 1 aromatic heterocycles. The first-order valence-corrected chi connectivity index (χ1v) is 7.99. The van der Waals surface area contributed by atoms with Crippen molar-refractivity contribution in [3.05, 3.63) is 40.4 Å². The number of nitrogens with one attached hydrogen (secondary N) is 1. The maximum absolute atomic E-state index is 14.2. The summed E-state index contributed by atoms with van der Waals surface area (Å²) >= 11 is 3.39. The average molecular weight is 352 g/mol. The Morgan fingerprint density at radius 2 is 2.00 bits per heavy atom. The molecule has 3 nitrogen and oxygen atoms in total. The molecule has 0 atom stereocenters. The molecule has 0 unspecified atom stereocenters. The summed E-state index contributed by atoms with van der Waals surface area (Å²) < 4.78 is 15.0. The molecule has 5 heteroatoms. The van der Waals surface area contributed by atoms with Crippen LogP contribution in [0.1, 0.15) is 32.3 Å². The van der Waals surface area contributed by atoms with Gasteiger partial charge in [0.05, 0.1) is 5.69 Å². The largest absolute Gasteiger partial charge is 0.370 e. The Balaban J connectivity index is 2.53. The summed E-state index contributed by atoms with van der Waals surface area (Å²) in [6.45, 7) is 5.04. The first kappa shape index (κ1) is 15.9. The molecule has 0 aliphatic carbocycles. The van der Waals surface area contributed by atoms with Crippen LogP contribution >= 0.6 is 15.9 Å². The summed E-state index contributed by atoms with van der Waals surface area (Å²) in [6.07, 6.45) is 4.27. The fraction of sp³-hybridized carbons (Fsp3) is 0.375. The molecule has 2 rings (SSSR count). The van der Waals surface area contributed by atoms with Crippen LogP contribution in [0.5, 0.6) is 0 Å². The Labute approximate surface area is 133 Å². The van der Waals surface area contributed by atoms with Gasteiger partial charge in [-0.2, -0.15) is 0 Å². The Bertz CT molecular complexity index is 616. The van der Waals surface area contributed by atoms with Crippen LogP contribution in [0.25, 0.3) is 11.3 Å². The van der Waals surface area contributed by atoms with Crippen LogP contribution in [0.3, 0.4) is 0 Å². The lowest BCUT2D eigenvalue weighted by atomic mass is 10.0. The van der Waals surface area contributed by atoms with Crippen molar-refractivity contribution in [2.24, 2.45) is 0 Å². The van der Waals surface area contributed by atoms with E-state index in [-0.39, 0.29) is 5.82 Å². The molecule has 0 spiro atoms. The number of hydrogen-bond acceptors (Lipinski definition) is 3. The standard InChI is InChI=1S/C16H19BrFN3/c1-3-5-12-15(13-9-11(17)6-7-14(13)18)20-10-21-16(12)19-8-4-2/h6-7,9-10H,3-5,8H2,1-2H3,(H,19,20,21). The van der Waals surface area contributed by atoms with E-state index in [1.54, 1.807) is 12.1 Å². The quantitative estimate of drug-likeness (QED) is 0.810. The summed E-state index contributed by atoms with van der Waals surface area (Å²) in [5.41, 5.74) is 2.16. The van der Waals surface area contributed by atoms with Gasteiger partial charge in [-0.1, -0.05) is 36.2 Å². The molecule has 0 saturated heterocycles. The summed E-state index contributed by atoms with van der Waals surface area (Å²) in [4.78, 5) is 8.64. The fourth-order valence-electron chi connectivity index (χ4n) is 2.21. The highest BCUT2D eigenvalue weighted by atomic mass is 79.9. The summed E-state index contributed by atoms with van der Waals surface area (Å²) in [5, 5.41) is 3.31. The van der Waals surface area contributed by atoms with Crippen LogP contribution in [0.2, 0.25) is 0 Å².